The third-order valence-corrected chi connectivity index (χ3v) is 7.84. The van der Waals surface area contributed by atoms with Crippen molar-refractivity contribution in [3.8, 4) is 17.0 Å². The number of H-pyrrole nitrogens is 1. The molecule has 2 aliphatic heterocycles. The molecule has 1 aromatic heterocycles. The number of aromatic amines is 1. The lowest BCUT2D eigenvalue weighted by molar-refractivity contribution is -0.0689. The zero-order chi connectivity index (χ0) is 25.1. The molecule has 1 amide bonds. The number of rotatable bonds is 5. The molecule has 2 fully saturated rings. The van der Waals surface area contributed by atoms with Crippen LogP contribution < -0.4 is 10.1 Å². The molecule has 0 unspecified atom stereocenters. The van der Waals surface area contributed by atoms with Gasteiger partial charge in [0.2, 0.25) is 0 Å². The molecule has 7 heteroatoms. The fourth-order valence-corrected chi connectivity index (χ4v) is 5.92. The van der Waals surface area contributed by atoms with E-state index in [0.29, 0.717) is 34.9 Å². The van der Waals surface area contributed by atoms with E-state index in [2.05, 4.69) is 32.5 Å². The fourth-order valence-electron chi connectivity index (χ4n) is 5.92. The molecule has 1 aliphatic carbocycles. The van der Waals surface area contributed by atoms with E-state index in [1.165, 1.54) is 0 Å². The Hall–Kier alpha value is -3.97. The molecule has 0 bridgehead atoms. The van der Waals surface area contributed by atoms with Crippen molar-refractivity contribution in [2.45, 2.75) is 30.9 Å². The van der Waals surface area contributed by atoms with Gasteiger partial charge in [-0.1, -0.05) is 30.3 Å². The van der Waals surface area contributed by atoms with Gasteiger partial charge in [-0.25, -0.2) is 0 Å². The van der Waals surface area contributed by atoms with Gasteiger partial charge in [0.25, 0.3) is 5.91 Å². The van der Waals surface area contributed by atoms with Crippen LogP contribution in [0.5, 0.6) is 5.75 Å². The second-order valence-electron chi connectivity index (χ2n) is 10.8. The number of hydrogen-bond donors (Lipinski definition) is 2. The Labute approximate surface area is 214 Å². The predicted octanol–water partition coefficient (Wildman–Crippen LogP) is 4.76. The number of carbonyl (C=O) groups excluding carboxylic acids is 2. The minimum atomic E-state index is -0.389. The minimum absolute atomic E-state index is 0.0126. The molecule has 2 N–H and O–H groups in total. The van der Waals surface area contributed by atoms with Crippen LogP contribution >= 0.6 is 0 Å². The zero-order valence-corrected chi connectivity index (χ0v) is 20.7. The molecule has 1 atom stereocenters. The number of nitrogens with zero attached hydrogens (tertiary/aromatic N) is 2. The van der Waals surface area contributed by atoms with E-state index >= 15 is 0 Å². The van der Waals surface area contributed by atoms with Gasteiger partial charge in [-0.3, -0.25) is 19.6 Å². The van der Waals surface area contributed by atoms with E-state index in [1.54, 1.807) is 0 Å². The highest BCUT2D eigenvalue weighted by molar-refractivity contribution is 6.04. The summed E-state index contributed by atoms with van der Waals surface area (Å²) in [7, 11) is 2.03. The van der Waals surface area contributed by atoms with Gasteiger partial charge in [0.1, 0.15) is 11.4 Å². The molecular weight excluding hydrogens is 464 g/mol. The SMILES string of the molecule is CN1CC2(CC(=O)c3cc(-c4n[nH]c5ccc(C(=O)N[C@H](c6ccccc6)C6CC6)cc45)ccc3O2)C1. The van der Waals surface area contributed by atoms with Crippen molar-refractivity contribution in [1.29, 1.82) is 0 Å². The monoisotopic (exact) mass is 492 g/mol. The summed E-state index contributed by atoms with van der Waals surface area (Å²) in [6.07, 6.45) is 2.65. The first kappa shape index (κ1) is 22.2. The number of aromatic nitrogens is 2. The first-order valence-electron chi connectivity index (χ1n) is 12.9. The molecule has 3 aliphatic rings. The number of Topliss-reactive ketones (excluding diaryl/α,β-unsaturated/α-hetero) is 1. The van der Waals surface area contributed by atoms with Gasteiger partial charge in [-0.05, 0) is 67.8 Å². The van der Waals surface area contributed by atoms with Gasteiger partial charge in [0.05, 0.1) is 29.2 Å². The van der Waals surface area contributed by atoms with E-state index in [0.717, 1.165) is 48.0 Å². The van der Waals surface area contributed by atoms with Crippen molar-refractivity contribution in [2.24, 2.45) is 5.92 Å². The van der Waals surface area contributed by atoms with Crippen LogP contribution in [-0.2, 0) is 0 Å². The van der Waals surface area contributed by atoms with Crippen LogP contribution in [0.2, 0.25) is 0 Å². The normalized spacial score (nSPS) is 19.2. The van der Waals surface area contributed by atoms with E-state index < -0.39 is 0 Å². The third kappa shape index (κ3) is 3.90. The average molecular weight is 493 g/mol. The Bertz CT molecular complexity index is 1530. The molecule has 186 valence electrons. The van der Waals surface area contributed by atoms with E-state index in [9.17, 15) is 9.59 Å². The number of amides is 1. The molecule has 7 nitrogen and oxygen atoms in total. The van der Waals surface area contributed by atoms with Crippen molar-refractivity contribution in [1.82, 2.24) is 20.4 Å². The standard InChI is InChI=1S/C30H28N4O3/c1-34-16-30(17-34)15-25(35)23-13-20(10-12-26(23)37-30)28-22-14-21(9-11-24(22)32-33-28)29(36)31-27(19-7-8-19)18-5-3-2-4-6-18/h2-6,9-14,19,27H,7-8,15-17H2,1H3,(H,31,36)(H,32,33)/t27-/m1/s1. The highest BCUT2D eigenvalue weighted by atomic mass is 16.5. The van der Waals surface area contributed by atoms with Crippen LogP contribution in [0.3, 0.4) is 0 Å². The van der Waals surface area contributed by atoms with Crippen molar-refractivity contribution in [3.63, 3.8) is 0 Å². The lowest BCUT2D eigenvalue weighted by Gasteiger charge is -2.49. The lowest BCUT2D eigenvalue weighted by Crippen LogP contribution is -2.65. The number of carbonyl (C=O) groups is 2. The molecule has 3 heterocycles. The summed E-state index contributed by atoms with van der Waals surface area (Å²) < 4.78 is 6.26. The summed E-state index contributed by atoms with van der Waals surface area (Å²) in [4.78, 5) is 28.5. The molecule has 0 radical (unpaired) electrons. The number of nitrogens with one attached hydrogen (secondary N) is 2. The quantitative estimate of drug-likeness (QED) is 0.420. The second-order valence-corrected chi connectivity index (χ2v) is 10.8. The van der Waals surface area contributed by atoms with Crippen LogP contribution in [-0.4, -0.2) is 52.5 Å². The van der Waals surface area contributed by atoms with Crippen molar-refractivity contribution in [2.75, 3.05) is 20.1 Å². The number of ether oxygens (including phenoxy) is 1. The Morgan fingerprint density at radius 1 is 1.11 bits per heavy atom. The maximum Gasteiger partial charge on any atom is 0.251 e. The molecule has 1 saturated carbocycles. The third-order valence-electron chi connectivity index (χ3n) is 7.84. The van der Waals surface area contributed by atoms with Gasteiger partial charge in [0.15, 0.2) is 5.78 Å². The maximum atomic E-state index is 13.3. The first-order chi connectivity index (χ1) is 18.0. The number of benzene rings is 3. The van der Waals surface area contributed by atoms with Gasteiger partial charge in [-0.2, -0.15) is 5.10 Å². The number of likely N-dealkylation sites (tertiary alicyclic amines) is 1. The average Bonchev–Trinajstić information content (AvgIpc) is 3.65. The molecule has 7 rings (SSSR count). The lowest BCUT2D eigenvalue weighted by atomic mass is 9.83. The summed E-state index contributed by atoms with van der Waals surface area (Å²) >= 11 is 0. The van der Waals surface area contributed by atoms with E-state index in [1.807, 2.05) is 61.6 Å². The summed E-state index contributed by atoms with van der Waals surface area (Å²) in [6, 6.07) is 21.5. The summed E-state index contributed by atoms with van der Waals surface area (Å²) in [5.74, 6) is 1.12. The van der Waals surface area contributed by atoms with Gasteiger partial charge in [-0.15, -0.1) is 0 Å². The van der Waals surface area contributed by atoms with Crippen molar-refractivity contribution >= 4 is 22.6 Å². The molecule has 3 aromatic carbocycles. The number of ketones is 1. The highest BCUT2D eigenvalue weighted by Gasteiger charge is 2.48. The van der Waals surface area contributed by atoms with Crippen LogP contribution in [0.15, 0.2) is 66.7 Å². The fraction of sp³-hybridized carbons (Fsp3) is 0.300. The second kappa shape index (κ2) is 8.28. The van der Waals surface area contributed by atoms with Gasteiger partial charge < -0.3 is 10.1 Å². The minimum Gasteiger partial charge on any atom is -0.483 e. The molecule has 1 spiro atoms. The zero-order valence-electron chi connectivity index (χ0n) is 20.7. The van der Waals surface area contributed by atoms with E-state index in [4.69, 9.17) is 4.74 Å². The molecule has 1 saturated heterocycles. The maximum absolute atomic E-state index is 13.3. The largest absolute Gasteiger partial charge is 0.483 e. The number of hydrogen-bond acceptors (Lipinski definition) is 5. The van der Waals surface area contributed by atoms with Crippen molar-refractivity contribution in [3.05, 3.63) is 83.4 Å². The van der Waals surface area contributed by atoms with Gasteiger partial charge in [0, 0.05) is 29.6 Å². The molecule has 37 heavy (non-hydrogen) atoms. The Balaban J connectivity index is 1.18. The molecule has 4 aromatic rings. The first-order valence-corrected chi connectivity index (χ1v) is 12.9. The summed E-state index contributed by atoms with van der Waals surface area (Å²) in [6.45, 7) is 1.53. The summed E-state index contributed by atoms with van der Waals surface area (Å²) in [5, 5.41) is 11.7. The molecular formula is C30H28N4O3. The summed E-state index contributed by atoms with van der Waals surface area (Å²) in [5.41, 5.74) is 4.31. The Morgan fingerprint density at radius 2 is 1.92 bits per heavy atom. The van der Waals surface area contributed by atoms with Crippen LogP contribution in [0, 0.1) is 5.92 Å². The Morgan fingerprint density at radius 3 is 2.68 bits per heavy atom. The van der Waals surface area contributed by atoms with Crippen molar-refractivity contribution < 1.29 is 14.3 Å². The van der Waals surface area contributed by atoms with Crippen LogP contribution in [0.1, 0.15) is 51.6 Å². The highest BCUT2D eigenvalue weighted by Crippen LogP contribution is 2.42. The topological polar surface area (TPSA) is 87.3 Å². The predicted molar refractivity (Wildman–Crippen MR) is 141 cm³/mol. The van der Waals surface area contributed by atoms with Crippen LogP contribution in [0.4, 0.5) is 0 Å². The number of likely N-dealkylation sites (N-methyl/N-ethyl adjacent to an activating group) is 1. The van der Waals surface area contributed by atoms with Crippen LogP contribution in [0.25, 0.3) is 22.2 Å². The smallest absolute Gasteiger partial charge is 0.251 e. The van der Waals surface area contributed by atoms with E-state index in [-0.39, 0.29) is 23.3 Å². The van der Waals surface area contributed by atoms with Gasteiger partial charge >= 0.3 is 0 Å². The Kier molecular flexibility index (Phi) is 4.98. The number of fused-ring (bicyclic) bond motifs is 2.